The van der Waals surface area contributed by atoms with Crippen molar-refractivity contribution < 1.29 is 19.2 Å². The molecule has 2 aromatic rings. The molecule has 0 spiro atoms. The third-order valence-corrected chi connectivity index (χ3v) is 5.55. The first kappa shape index (κ1) is 21.8. The lowest BCUT2D eigenvalue weighted by molar-refractivity contribution is -0.126. The fraction of sp³-hybridized carbons (Fsp3) is 0.524. The summed E-state index contributed by atoms with van der Waals surface area (Å²) < 4.78 is 5.13. The van der Waals surface area contributed by atoms with Crippen LogP contribution in [0, 0.1) is 12.8 Å². The molecule has 1 aliphatic carbocycles. The van der Waals surface area contributed by atoms with Gasteiger partial charge in [-0.25, -0.2) is 0 Å². The van der Waals surface area contributed by atoms with Crippen molar-refractivity contribution in [3.8, 4) is 0 Å². The molecule has 1 aliphatic rings. The van der Waals surface area contributed by atoms with Crippen molar-refractivity contribution in [2.75, 3.05) is 6.54 Å². The molecule has 0 aromatic carbocycles. The highest BCUT2D eigenvalue weighted by Gasteiger charge is 2.29. The van der Waals surface area contributed by atoms with Gasteiger partial charge in [0.25, 0.3) is 5.91 Å². The minimum Gasteiger partial charge on any atom is -0.385 e. The number of aromatic nitrogens is 2. The Bertz CT molecular complexity index is 943. The van der Waals surface area contributed by atoms with E-state index >= 15 is 0 Å². The number of nitrogens with one attached hydrogen (secondary N) is 3. The first-order valence-electron chi connectivity index (χ1n) is 10.3. The van der Waals surface area contributed by atoms with E-state index in [1.165, 1.54) is 6.07 Å². The lowest BCUT2D eigenvalue weighted by atomic mass is 9.85. The Hall–Kier alpha value is -2.94. The molecule has 4 N–H and O–H groups in total. The fourth-order valence-electron chi connectivity index (χ4n) is 3.82. The molecule has 9 nitrogen and oxygen atoms in total. The van der Waals surface area contributed by atoms with Gasteiger partial charge >= 0.3 is 0 Å². The molecule has 1 fully saturated rings. The number of carbonyl (C=O) groups is 2. The summed E-state index contributed by atoms with van der Waals surface area (Å²) in [5, 5.41) is 19.8. The monoisotopic (exact) mass is 416 g/mol. The molecular formula is C21H28N4O5. The Morgan fingerprint density at radius 3 is 2.70 bits per heavy atom. The second-order valence-corrected chi connectivity index (χ2v) is 7.67. The zero-order valence-electron chi connectivity index (χ0n) is 17.2. The van der Waals surface area contributed by atoms with E-state index in [-0.39, 0.29) is 35.9 Å². The molecule has 2 amide bonds. The molecule has 162 valence electrons. The number of carbonyl (C=O) groups excluding carboxylic acids is 2. The van der Waals surface area contributed by atoms with Gasteiger partial charge in [0.05, 0.1) is 5.69 Å². The van der Waals surface area contributed by atoms with Gasteiger partial charge in [-0.05, 0) is 45.1 Å². The molecule has 2 aromatic heterocycles. The van der Waals surface area contributed by atoms with Gasteiger partial charge in [0.1, 0.15) is 17.4 Å². The van der Waals surface area contributed by atoms with Gasteiger partial charge in [-0.3, -0.25) is 14.4 Å². The number of aliphatic hydroxyl groups excluding tert-OH is 1. The zero-order chi connectivity index (χ0) is 21.7. The Morgan fingerprint density at radius 1 is 1.30 bits per heavy atom. The Kier molecular flexibility index (Phi) is 7.04. The van der Waals surface area contributed by atoms with Gasteiger partial charge in [-0.2, -0.15) is 0 Å². The number of hydrogen-bond acceptors (Lipinski definition) is 6. The van der Waals surface area contributed by atoms with Crippen LogP contribution in [-0.4, -0.2) is 39.6 Å². The van der Waals surface area contributed by atoms with Gasteiger partial charge in [0, 0.05) is 30.3 Å². The predicted molar refractivity (Wildman–Crippen MR) is 109 cm³/mol. The second kappa shape index (κ2) is 9.71. The topological polar surface area (TPSA) is 137 Å². The van der Waals surface area contributed by atoms with Crippen molar-refractivity contribution in [1.82, 2.24) is 20.8 Å². The van der Waals surface area contributed by atoms with E-state index in [0.717, 1.165) is 0 Å². The van der Waals surface area contributed by atoms with Gasteiger partial charge in [-0.1, -0.05) is 18.1 Å². The summed E-state index contributed by atoms with van der Waals surface area (Å²) in [6.07, 6.45) is 2.35. The molecular weight excluding hydrogens is 388 g/mol. The van der Waals surface area contributed by atoms with Crippen LogP contribution < -0.4 is 16.2 Å². The Labute approximate surface area is 174 Å². The lowest BCUT2D eigenvalue weighted by Gasteiger charge is -2.28. The number of aromatic amines is 1. The normalized spacial score (nSPS) is 19.8. The molecule has 9 heteroatoms. The van der Waals surface area contributed by atoms with Crippen molar-refractivity contribution in [2.24, 2.45) is 5.92 Å². The standard InChI is InChI=1S/C21H28N4O5/c1-3-15-19(12(2)30-25-15)21(29)23-14-9-7-13(8-10-14)20(28)22-11-17(26)16-5-4-6-18(27)24-16/h4-6,13-14,17,26H,3,7-11H2,1-2H3,(H,22,28)(H,23,29)(H,24,27). The summed E-state index contributed by atoms with van der Waals surface area (Å²) in [5.41, 5.74) is 1.22. The summed E-state index contributed by atoms with van der Waals surface area (Å²) in [5.74, 6) is 0.0400. The smallest absolute Gasteiger partial charge is 0.257 e. The van der Waals surface area contributed by atoms with E-state index < -0.39 is 6.10 Å². The number of hydrogen-bond donors (Lipinski definition) is 4. The number of nitrogens with zero attached hydrogens (tertiary/aromatic N) is 1. The molecule has 2 heterocycles. The number of H-pyrrole nitrogens is 1. The maximum atomic E-state index is 12.6. The average Bonchev–Trinajstić information content (AvgIpc) is 3.13. The van der Waals surface area contributed by atoms with Gasteiger partial charge in [-0.15, -0.1) is 0 Å². The minimum absolute atomic E-state index is 0.000500. The minimum atomic E-state index is -0.974. The van der Waals surface area contributed by atoms with Crippen LogP contribution in [-0.2, 0) is 11.2 Å². The predicted octanol–water partition coefficient (Wildman–Crippen LogP) is 1.37. The molecule has 1 saturated carbocycles. The van der Waals surface area contributed by atoms with Gasteiger partial charge in [0.2, 0.25) is 11.5 Å². The van der Waals surface area contributed by atoms with Crippen LogP contribution in [0.5, 0.6) is 0 Å². The third-order valence-electron chi connectivity index (χ3n) is 5.55. The SMILES string of the molecule is CCc1noc(C)c1C(=O)NC1CCC(C(=O)NCC(O)c2cccc(=O)[nH]2)CC1. The van der Waals surface area contributed by atoms with Crippen molar-refractivity contribution >= 4 is 11.8 Å². The summed E-state index contributed by atoms with van der Waals surface area (Å²) in [6.45, 7) is 3.67. The molecule has 30 heavy (non-hydrogen) atoms. The van der Waals surface area contributed by atoms with E-state index in [0.29, 0.717) is 54.8 Å². The Morgan fingerprint density at radius 2 is 2.03 bits per heavy atom. The highest BCUT2D eigenvalue weighted by atomic mass is 16.5. The maximum Gasteiger partial charge on any atom is 0.257 e. The third kappa shape index (κ3) is 5.15. The highest BCUT2D eigenvalue weighted by molar-refractivity contribution is 5.96. The van der Waals surface area contributed by atoms with Gasteiger partial charge < -0.3 is 25.2 Å². The van der Waals surface area contributed by atoms with Crippen LogP contribution in [0.2, 0.25) is 0 Å². The van der Waals surface area contributed by atoms with E-state index in [9.17, 15) is 19.5 Å². The molecule has 0 radical (unpaired) electrons. The Balaban J connectivity index is 1.45. The van der Waals surface area contributed by atoms with Crippen molar-refractivity contribution in [3.05, 3.63) is 51.3 Å². The van der Waals surface area contributed by atoms with Crippen LogP contribution in [0.3, 0.4) is 0 Å². The van der Waals surface area contributed by atoms with E-state index in [2.05, 4.69) is 20.8 Å². The van der Waals surface area contributed by atoms with E-state index in [1.54, 1.807) is 19.1 Å². The lowest BCUT2D eigenvalue weighted by Crippen LogP contribution is -2.41. The summed E-state index contributed by atoms with van der Waals surface area (Å²) in [7, 11) is 0. The number of amides is 2. The van der Waals surface area contributed by atoms with Crippen LogP contribution >= 0.6 is 0 Å². The first-order chi connectivity index (χ1) is 14.4. The van der Waals surface area contributed by atoms with Crippen LogP contribution in [0.15, 0.2) is 27.5 Å². The first-order valence-corrected chi connectivity index (χ1v) is 10.3. The molecule has 0 saturated heterocycles. The fourth-order valence-corrected chi connectivity index (χ4v) is 3.82. The highest BCUT2D eigenvalue weighted by Crippen LogP contribution is 2.25. The quantitative estimate of drug-likeness (QED) is 0.538. The molecule has 1 unspecified atom stereocenters. The van der Waals surface area contributed by atoms with Crippen molar-refractivity contribution in [1.29, 1.82) is 0 Å². The number of pyridine rings is 1. The van der Waals surface area contributed by atoms with E-state index in [4.69, 9.17) is 4.52 Å². The molecule has 3 rings (SSSR count). The molecule has 1 atom stereocenters. The summed E-state index contributed by atoms with van der Waals surface area (Å²) in [4.78, 5) is 38.9. The van der Waals surface area contributed by atoms with Crippen LogP contribution in [0.25, 0.3) is 0 Å². The number of rotatable bonds is 7. The van der Waals surface area contributed by atoms with Crippen molar-refractivity contribution in [3.63, 3.8) is 0 Å². The zero-order valence-corrected chi connectivity index (χ0v) is 17.2. The van der Waals surface area contributed by atoms with Crippen LogP contribution in [0.4, 0.5) is 0 Å². The summed E-state index contributed by atoms with van der Waals surface area (Å²) in [6, 6.07) is 4.52. The number of aryl methyl sites for hydroxylation is 2. The van der Waals surface area contributed by atoms with Gasteiger partial charge in [0.15, 0.2) is 0 Å². The largest absolute Gasteiger partial charge is 0.385 e. The summed E-state index contributed by atoms with van der Waals surface area (Å²) >= 11 is 0. The number of aliphatic hydroxyl groups is 1. The molecule has 0 bridgehead atoms. The maximum absolute atomic E-state index is 12.6. The van der Waals surface area contributed by atoms with Crippen LogP contribution in [0.1, 0.15) is 66.2 Å². The second-order valence-electron chi connectivity index (χ2n) is 7.67. The molecule has 0 aliphatic heterocycles. The van der Waals surface area contributed by atoms with Crippen molar-refractivity contribution in [2.45, 2.75) is 58.1 Å². The average molecular weight is 416 g/mol. The van der Waals surface area contributed by atoms with E-state index in [1.807, 2.05) is 6.92 Å².